The number of benzene rings is 2. The molecule has 0 saturated carbocycles. The first-order valence-electron chi connectivity index (χ1n) is 9.57. The van der Waals surface area contributed by atoms with Crippen LogP contribution < -0.4 is 5.32 Å². The zero-order chi connectivity index (χ0) is 24.5. The van der Waals surface area contributed by atoms with Gasteiger partial charge in [-0.05, 0) is 49.4 Å². The summed E-state index contributed by atoms with van der Waals surface area (Å²) in [5, 5.41) is 16.8. The van der Waals surface area contributed by atoms with Crippen LogP contribution in [-0.2, 0) is 9.84 Å². The minimum atomic E-state index is -3.93. The van der Waals surface area contributed by atoms with Crippen LogP contribution in [0.1, 0.15) is 34.0 Å². The molecule has 4 aromatic rings. The second-order valence-corrected chi connectivity index (χ2v) is 10.8. The van der Waals surface area contributed by atoms with Gasteiger partial charge in [0.15, 0.2) is 5.82 Å². The first-order valence-corrected chi connectivity index (χ1v) is 12.6. The van der Waals surface area contributed by atoms with Gasteiger partial charge in [-0.3, -0.25) is 4.79 Å². The van der Waals surface area contributed by atoms with Gasteiger partial charge >= 0.3 is 0 Å². The molecule has 1 atom stereocenters. The van der Waals surface area contributed by atoms with E-state index in [9.17, 15) is 13.2 Å². The van der Waals surface area contributed by atoms with Crippen molar-refractivity contribution >= 4 is 50.3 Å². The summed E-state index contributed by atoms with van der Waals surface area (Å²) in [4.78, 5) is 21.6. The molecule has 2 heterocycles. The van der Waals surface area contributed by atoms with Crippen LogP contribution in [-0.4, -0.2) is 34.1 Å². The van der Waals surface area contributed by atoms with Gasteiger partial charge in [-0.25, -0.2) is 18.4 Å². The van der Waals surface area contributed by atoms with Crippen LogP contribution in [0, 0.1) is 11.3 Å². The highest BCUT2D eigenvalue weighted by Crippen LogP contribution is 2.27. The Balaban J connectivity index is 1.60. The summed E-state index contributed by atoms with van der Waals surface area (Å²) in [6, 6.07) is 11.0. The topological polar surface area (TPSA) is 131 Å². The molecule has 0 unspecified atom stereocenters. The summed E-state index contributed by atoms with van der Waals surface area (Å²) in [5.41, 5.74) is 0.0546. The predicted octanol–water partition coefficient (Wildman–Crippen LogP) is 4.23. The van der Waals surface area contributed by atoms with Crippen LogP contribution in [0.2, 0.25) is 10.0 Å². The van der Waals surface area contributed by atoms with E-state index in [0.29, 0.717) is 20.9 Å². The maximum atomic E-state index is 13.0. The number of thiazole rings is 1. The van der Waals surface area contributed by atoms with E-state index >= 15 is 0 Å². The third-order valence-corrected chi connectivity index (χ3v) is 7.76. The molecule has 2 aromatic carbocycles. The molecule has 0 saturated heterocycles. The number of hydrogen-bond donors (Lipinski definition) is 1. The smallest absolute Gasteiger partial charge is 0.251 e. The normalized spacial score (nSPS) is 12.2. The van der Waals surface area contributed by atoms with E-state index in [0.717, 1.165) is 11.3 Å². The van der Waals surface area contributed by atoms with Crippen molar-refractivity contribution in [3.63, 3.8) is 0 Å². The summed E-state index contributed by atoms with van der Waals surface area (Å²) in [6.45, 7) is 1.69. The number of rotatable bonds is 6. The molecule has 9 nitrogen and oxygen atoms in total. The van der Waals surface area contributed by atoms with E-state index in [1.165, 1.54) is 59.7 Å². The molecule has 34 heavy (non-hydrogen) atoms. The van der Waals surface area contributed by atoms with Gasteiger partial charge in [0.05, 0.1) is 22.0 Å². The molecule has 0 aliphatic rings. The molecule has 4 rings (SSSR count). The average molecular weight is 533 g/mol. The number of sulfone groups is 1. The van der Waals surface area contributed by atoms with Gasteiger partial charge in [0, 0.05) is 15.6 Å². The number of nitrogens with one attached hydrogen (secondary N) is 1. The third kappa shape index (κ3) is 4.80. The largest absolute Gasteiger partial charge is 0.342 e. The molecular weight excluding hydrogens is 519 g/mol. The first-order chi connectivity index (χ1) is 16.2. The summed E-state index contributed by atoms with van der Waals surface area (Å²) >= 11 is 13.1. The maximum Gasteiger partial charge on any atom is 0.251 e. The number of hydrogen-bond acceptors (Lipinski definition) is 8. The predicted molar refractivity (Wildman–Crippen MR) is 126 cm³/mol. The molecule has 0 radical (unpaired) electrons. The molecule has 172 valence electrons. The summed E-state index contributed by atoms with van der Waals surface area (Å²) < 4.78 is 27.5. The highest BCUT2D eigenvalue weighted by atomic mass is 35.5. The fourth-order valence-corrected chi connectivity index (χ4v) is 5.49. The summed E-state index contributed by atoms with van der Waals surface area (Å²) in [5.74, 6) is -0.183. The number of aromatic nitrogens is 4. The SMILES string of the molecule is C[C@H](NC(=O)c1cc(Cl)cc(S(=O)(=O)c2ccc(Cl)cc2)c1)c1ncnn1-c1ncc(C#N)s1. The second-order valence-electron chi connectivity index (χ2n) is 6.98. The van der Waals surface area contributed by atoms with E-state index < -0.39 is 21.8 Å². The zero-order valence-corrected chi connectivity index (χ0v) is 20.5. The first kappa shape index (κ1) is 23.8. The number of amides is 1. The van der Waals surface area contributed by atoms with Gasteiger partial charge in [-0.15, -0.1) is 0 Å². The van der Waals surface area contributed by atoms with Gasteiger partial charge < -0.3 is 5.32 Å². The third-order valence-electron chi connectivity index (χ3n) is 4.66. The fraction of sp³-hybridized carbons (Fsp3) is 0.0952. The van der Waals surface area contributed by atoms with Crippen LogP contribution in [0.25, 0.3) is 5.13 Å². The highest BCUT2D eigenvalue weighted by Gasteiger charge is 2.23. The van der Waals surface area contributed by atoms with E-state index in [4.69, 9.17) is 28.5 Å². The monoisotopic (exact) mass is 532 g/mol. The standard InChI is InChI=1S/C21H14Cl2N6O3S2/c1-12(19-26-11-27-29(19)21-25-10-16(9-24)33-21)28-20(30)13-6-15(23)8-18(7-13)34(31,32)17-4-2-14(22)3-5-17/h2-8,10-12H,1H3,(H,28,30)/t12-/m0/s1. The van der Waals surface area contributed by atoms with Gasteiger partial charge in [0.2, 0.25) is 15.0 Å². The molecular formula is C21H14Cl2N6O3S2. The lowest BCUT2D eigenvalue weighted by atomic mass is 10.2. The van der Waals surface area contributed by atoms with Crippen molar-refractivity contribution in [1.82, 2.24) is 25.1 Å². The second kappa shape index (κ2) is 9.52. The summed E-state index contributed by atoms with van der Waals surface area (Å²) in [6.07, 6.45) is 2.73. The Labute approximate surface area is 208 Å². The zero-order valence-electron chi connectivity index (χ0n) is 17.3. The van der Waals surface area contributed by atoms with Crippen molar-refractivity contribution < 1.29 is 13.2 Å². The number of nitrogens with zero attached hydrogens (tertiary/aromatic N) is 5. The van der Waals surface area contributed by atoms with Crippen molar-refractivity contribution in [3.8, 4) is 11.2 Å². The Morgan fingerprint density at radius 2 is 1.85 bits per heavy atom. The molecule has 0 aliphatic heterocycles. The Morgan fingerprint density at radius 3 is 2.53 bits per heavy atom. The molecule has 0 spiro atoms. The Morgan fingerprint density at radius 1 is 1.12 bits per heavy atom. The number of nitriles is 1. The van der Waals surface area contributed by atoms with E-state index in [-0.39, 0.29) is 20.4 Å². The minimum Gasteiger partial charge on any atom is -0.342 e. The highest BCUT2D eigenvalue weighted by molar-refractivity contribution is 7.91. The van der Waals surface area contributed by atoms with Crippen molar-refractivity contribution in [2.45, 2.75) is 22.8 Å². The number of carbonyl (C=O) groups is 1. The number of halogens is 2. The van der Waals surface area contributed by atoms with E-state index in [1.807, 2.05) is 6.07 Å². The molecule has 1 amide bonds. The van der Waals surface area contributed by atoms with Gasteiger partial charge in [-0.1, -0.05) is 34.5 Å². The van der Waals surface area contributed by atoms with Gasteiger partial charge in [-0.2, -0.15) is 15.0 Å². The average Bonchev–Trinajstić information content (AvgIpc) is 3.48. The van der Waals surface area contributed by atoms with Crippen molar-refractivity contribution in [2.75, 3.05) is 0 Å². The van der Waals surface area contributed by atoms with Crippen LogP contribution in [0.3, 0.4) is 0 Å². The molecule has 1 N–H and O–H groups in total. The van der Waals surface area contributed by atoms with Crippen molar-refractivity contribution in [1.29, 1.82) is 5.26 Å². The van der Waals surface area contributed by atoms with Crippen LogP contribution in [0.4, 0.5) is 0 Å². The van der Waals surface area contributed by atoms with Crippen molar-refractivity contribution in [2.24, 2.45) is 0 Å². The number of carbonyl (C=O) groups excluding carboxylic acids is 1. The van der Waals surface area contributed by atoms with Gasteiger partial charge in [0.1, 0.15) is 17.3 Å². The van der Waals surface area contributed by atoms with Crippen LogP contribution in [0.5, 0.6) is 0 Å². The van der Waals surface area contributed by atoms with E-state index in [1.54, 1.807) is 6.92 Å². The quantitative estimate of drug-likeness (QED) is 0.393. The van der Waals surface area contributed by atoms with Crippen LogP contribution in [0.15, 0.2) is 64.8 Å². The van der Waals surface area contributed by atoms with Crippen LogP contribution >= 0.6 is 34.5 Å². The molecule has 0 fully saturated rings. The molecule has 0 bridgehead atoms. The van der Waals surface area contributed by atoms with Crippen molar-refractivity contribution in [3.05, 3.63) is 81.3 Å². The Hall–Kier alpha value is -3.30. The maximum absolute atomic E-state index is 13.0. The Kier molecular flexibility index (Phi) is 6.67. The lowest BCUT2D eigenvalue weighted by molar-refractivity contribution is 0.0937. The summed E-state index contributed by atoms with van der Waals surface area (Å²) in [7, 11) is -3.93. The fourth-order valence-electron chi connectivity index (χ4n) is 3.05. The molecule has 0 aliphatic carbocycles. The molecule has 2 aromatic heterocycles. The van der Waals surface area contributed by atoms with Gasteiger partial charge in [0.25, 0.3) is 5.91 Å². The lowest BCUT2D eigenvalue weighted by Crippen LogP contribution is -2.29. The Bertz CT molecular complexity index is 1520. The van der Waals surface area contributed by atoms with E-state index in [2.05, 4.69) is 20.4 Å². The lowest BCUT2D eigenvalue weighted by Gasteiger charge is -2.14. The minimum absolute atomic E-state index is 0.0205. The molecule has 13 heteroatoms.